The topological polar surface area (TPSA) is 211 Å². The zero-order valence-corrected chi connectivity index (χ0v) is 20.5. The van der Waals surface area contributed by atoms with Crippen LogP contribution in [0.2, 0.25) is 0 Å². The first-order chi connectivity index (χ1) is 17.0. The van der Waals surface area contributed by atoms with Crippen LogP contribution in [0, 0.1) is 0 Å². The summed E-state index contributed by atoms with van der Waals surface area (Å²) in [6.07, 6.45) is -4.22. The van der Waals surface area contributed by atoms with Crippen molar-refractivity contribution < 1.29 is 48.7 Å². The summed E-state index contributed by atoms with van der Waals surface area (Å²) in [7, 11) is 0. The van der Waals surface area contributed by atoms with Crippen LogP contribution in [-0.4, -0.2) is 104 Å². The molecule has 202 valence electrons. The number of ether oxygens (including phenoxy) is 3. The lowest BCUT2D eigenvalue weighted by molar-refractivity contribution is -0.219. The maximum atomic E-state index is 12.8. The highest BCUT2D eigenvalue weighted by Crippen LogP contribution is 2.28. The number of hydrogen-bond acceptors (Lipinski definition) is 12. The Morgan fingerprint density at radius 2 is 1.69 bits per heavy atom. The number of hydrogen-bond donors (Lipinski definition) is 5. The Hall–Kier alpha value is -3.14. The van der Waals surface area contributed by atoms with Gasteiger partial charge >= 0.3 is 11.9 Å². The van der Waals surface area contributed by atoms with Gasteiger partial charge in [0.2, 0.25) is 17.4 Å². The normalized spacial score (nSPS) is 24.0. The number of rotatable bonds is 11. The van der Waals surface area contributed by atoms with Gasteiger partial charge in [0, 0.05) is 13.8 Å². The van der Waals surface area contributed by atoms with Crippen molar-refractivity contribution in [3.63, 3.8) is 0 Å². The van der Waals surface area contributed by atoms with Crippen molar-refractivity contribution >= 4 is 23.8 Å². The minimum atomic E-state index is -2.12. The van der Waals surface area contributed by atoms with E-state index in [0.717, 1.165) is 6.92 Å². The maximum absolute atomic E-state index is 12.8. The van der Waals surface area contributed by atoms with Gasteiger partial charge in [-0.05, 0) is 26.7 Å². The number of amides is 2. The zero-order chi connectivity index (χ0) is 27.0. The molecular formula is C21H33N5O10. The van der Waals surface area contributed by atoms with Crippen LogP contribution in [0.4, 0.5) is 0 Å². The van der Waals surface area contributed by atoms with Crippen LogP contribution < -0.4 is 10.6 Å². The van der Waals surface area contributed by atoms with Crippen LogP contribution in [0.5, 0.6) is 0 Å². The summed E-state index contributed by atoms with van der Waals surface area (Å²) >= 11 is 0. The summed E-state index contributed by atoms with van der Waals surface area (Å²) in [6, 6.07) is -1.13. The number of aliphatic hydroxyl groups excluding tert-OH is 3. The first kappa shape index (κ1) is 29.1. The third-order valence-electron chi connectivity index (χ3n) is 5.48. The molecule has 0 aromatic carbocycles. The van der Waals surface area contributed by atoms with E-state index in [4.69, 9.17) is 14.2 Å². The number of aromatic nitrogens is 3. The lowest BCUT2D eigenvalue weighted by Crippen LogP contribution is -2.62. The molecule has 0 saturated carbocycles. The molecule has 3 unspecified atom stereocenters. The molecule has 2 amide bonds. The molecule has 0 spiro atoms. The minimum Gasteiger partial charge on any atom is -0.464 e. The lowest BCUT2D eigenvalue weighted by Gasteiger charge is -2.42. The average molecular weight is 516 g/mol. The predicted molar refractivity (Wildman–Crippen MR) is 119 cm³/mol. The molecule has 2 heterocycles. The molecule has 2 rings (SSSR count). The van der Waals surface area contributed by atoms with E-state index in [0.29, 0.717) is 0 Å². The van der Waals surface area contributed by atoms with Gasteiger partial charge in [0.1, 0.15) is 24.4 Å². The Morgan fingerprint density at radius 3 is 2.19 bits per heavy atom. The Kier molecular flexibility index (Phi) is 10.3. The number of nitrogens with one attached hydrogen (secondary N) is 2. The van der Waals surface area contributed by atoms with Crippen LogP contribution in [-0.2, 0) is 39.8 Å². The van der Waals surface area contributed by atoms with Crippen molar-refractivity contribution in [1.29, 1.82) is 0 Å². The van der Waals surface area contributed by atoms with Crippen molar-refractivity contribution in [2.24, 2.45) is 0 Å². The number of carbonyl (C=O) groups is 4. The number of esters is 2. The molecule has 1 aliphatic rings. The Balaban J connectivity index is 2.33. The monoisotopic (exact) mass is 515 g/mol. The molecule has 0 radical (unpaired) electrons. The number of aryl methyl sites for hydroxylation is 1. The highest BCUT2D eigenvalue weighted by atomic mass is 16.6. The van der Waals surface area contributed by atoms with Crippen LogP contribution in [0.1, 0.15) is 46.0 Å². The van der Waals surface area contributed by atoms with Gasteiger partial charge in [-0.3, -0.25) is 9.59 Å². The first-order valence-corrected chi connectivity index (χ1v) is 11.4. The van der Waals surface area contributed by atoms with Crippen LogP contribution in [0.25, 0.3) is 0 Å². The molecule has 0 aliphatic carbocycles. The fourth-order valence-electron chi connectivity index (χ4n) is 3.84. The van der Waals surface area contributed by atoms with E-state index in [1.165, 1.54) is 17.8 Å². The molecular weight excluding hydrogens is 482 g/mol. The van der Waals surface area contributed by atoms with E-state index in [9.17, 15) is 34.5 Å². The molecule has 15 heteroatoms. The number of carbonyl (C=O) groups excluding carboxylic acids is 4. The third-order valence-corrected chi connectivity index (χ3v) is 5.48. The average Bonchev–Trinajstić information content (AvgIpc) is 3.28. The van der Waals surface area contributed by atoms with Crippen molar-refractivity contribution in [2.45, 2.75) is 76.7 Å². The van der Waals surface area contributed by atoms with Crippen LogP contribution >= 0.6 is 0 Å². The fraction of sp³-hybridized carbons (Fsp3) is 0.714. The lowest BCUT2D eigenvalue weighted by atomic mass is 9.92. The highest BCUT2D eigenvalue weighted by Gasteiger charge is 2.50. The summed E-state index contributed by atoms with van der Waals surface area (Å²) in [6.45, 7) is 4.76. The number of aliphatic hydroxyl groups is 3. The number of nitrogens with zero attached hydrogens (tertiary/aromatic N) is 3. The summed E-state index contributed by atoms with van der Waals surface area (Å²) < 4.78 is 16.9. The molecule has 1 aromatic heterocycles. The summed E-state index contributed by atoms with van der Waals surface area (Å²) in [5.74, 6) is -3.15. The van der Waals surface area contributed by atoms with Crippen LogP contribution in [0.3, 0.4) is 0 Å². The quantitative estimate of drug-likeness (QED) is 0.151. The smallest absolute Gasteiger partial charge is 0.343 e. The Bertz CT molecular complexity index is 920. The second-order valence-electron chi connectivity index (χ2n) is 8.17. The van der Waals surface area contributed by atoms with E-state index in [2.05, 4.69) is 20.9 Å². The van der Waals surface area contributed by atoms with Gasteiger partial charge < -0.3 is 40.2 Å². The van der Waals surface area contributed by atoms with Gasteiger partial charge in [-0.15, -0.1) is 5.10 Å². The molecule has 0 bridgehead atoms. The second-order valence-corrected chi connectivity index (χ2v) is 8.17. The van der Waals surface area contributed by atoms with E-state index in [1.807, 2.05) is 0 Å². The second kappa shape index (κ2) is 12.7. The van der Waals surface area contributed by atoms with Crippen molar-refractivity contribution in [3.05, 3.63) is 11.9 Å². The summed E-state index contributed by atoms with van der Waals surface area (Å²) in [5, 5.41) is 42.9. The molecule has 5 N–H and O–H groups in total. The van der Waals surface area contributed by atoms with E-state index >= 15 is 0 Å². The fourth-order valence-corrected chi connectivity index (χ4v) is 3.84. The van der Waals surface area contributed by atoms with Crippen molar-refractivity contribution in [3.8, 4) is 0 Å². The highest BCUT2D eigenvalue weighted by molar-refractivity contribution is 6.07. The Morgan fingerprint density at radius 1 is 1.08 bits per heavy atom. The predicted octanol–water partition coefficient (Wildman–Crippen LogP) is -2.67. The standard InChI is InChI=1S/C21H33N5O10/c1-5-34-19(32)21(23-12(4)29,20(33)35-6-2)8-7-13-9-26(25-24-13)18-15(22-11(3)28)17(31)16(30)14(10-27)36-18/h9,14-18,27,30-31H,5-8,10H2,1-4H3,(H,22,28)(H,23,29)/t14?,15?,16-,17?,18-/m1/s1. The van der Waals surface area contributed by atoms with Gasteiger partial charge in [0.05, 0.1) is 31.7 Å². The molecule has 15 nitrogen and oxygen atoms in total. The zero-order valence-electron chi connectivity index (χ0n) is 20.5. The van der Waals surface area contributed by atoms with Gasteiger partial charge in [-0.25, -0.2) is 14.3 Å². The summed E-state index contributed by atoms with van der Waals surface area (Å²) in [5.41, 5.74) is -1.87. The van der Waals surface area contributed by atoms with Gasteiger partial charge in [0.15, 0.2) is 6.23 Å². The van der Waals surface area contributed by atoms with Crippen molar-refractivity contribution in [2.75, 3.05) is 19.8 Å². The van der Waals surface area contributed by atoms with Gasteiger partial charge in [0.25, 0.3) is 0 Å². The molecule has 1 saturated heterocycles. The van der Waals surface area contributed by atoms with Gasteiger partial charge in [-0.2, -0.15) is 0 Å². The van der Waals surface area contributed by atoms with E-state index in [-0.39, 0.29) is 31.7 Å². The van der Waals surface area contributed by atoms with Crippen LogP contribution in [0.15, 0.2) is 6.20 Å². The molecule has 1 aliphatic heterocycles. The first-order valence-electron chi connectivity index (χ1n) is 11.4. The molecule has 1 aromatic rings. The minimum absolute atomic E-state index is 0.0421. The van der Waals surface area contributed by atoms with Crippen molar-refractivity contribution in [1.82, 2.24) is 25.6 Å². The summed E-state index contributed by atoms with van der Waals surface area (Å²) in [4.78, 5) is 49.0. The SMILES string of the molecule is CCOC(=O)C(CCc1cn([C@@H]2OC(CO)[C@@H](O)C(O)C2NC(C)=O)nn1)(NC(C)=O)C(=O)OCC. The third kappa shape index (κ3) is 6.54. The maximum Gasteiger partial charge on any atom is 0.343 e. The molecule has 1 fully saturated rings. The molecule has 5 atom stereocenters. The van der Waals surface area contributed by atoms with Gasteiger partial charge in [-0.1, -0.05) is 5.21 Å². The van der Waals surface area contributed by atoms with E-state index in [1.54, 1.807) is 13.8 Å². The van der Waals surface area contributed by atoms with E-state index < -0.39 is 66.5 Å². The largest absolute Gasteiger partial charge is 0.464 e. The Labute approximate surface area is 207 Å². The molecule has 36 heavy (non-hydrogen) atoms.